The third-order valence-electron chi connectivity index (χ3n) is 5.40. The smallest absolute Gasteiger partial charge is 0.328 e. The molecule has 1 N–H and O–H groups in total. The summed E-state index contributed by atoms with van der Waals surface area (Å²) in [5, 5.41) is 3.68. The first-order valence-corrected chi connectivity index (χ1v) is 10.8. The van der Waals surface area contributed by atoms with Crippen molar-refractivity contribution in [2.45, 2.75) is 13.8 Å². The van der Waals surface area contributed by atoms with Gasteiger partial charge in [0.15, 0.2) is 0 Å². The molecule has 0 atom stereocenters. The molecule has 0 unspecified atom stereocenters. The first-order valence-electron chi connectivity index (χ1n) is 10.8. The number of anilines is 1. The Kier molecular flexibility index (Phi) is 6.55. The van der Waals surface area contributed by atoms with Crippen molar-refractivity contribution in [3.8, 4) is 11.5 Å². The van der Waals surface area contributed by atoms with E-state index in [2.05, 4.69) is 10.3 Å². The van der Waals surface area contributed by atoms with Crippen LogP contribution >= 0.6 is 0 Å². The highest BCUT2D eigenvalue weighted by molar-refractivity contribution is 5.92. The Balaban J connectivity index is 1.48. The highest BCUT2D eigenvalue weighted by Gasteiger charge is 2.20. The van der Waals surface area contributed by atoms with Crippen LogP contribution in [0.4, 0.5) is 15.4 Å². The van der Waals surface area contributed by atoms with Crippen molar-refractivity contribution in [1.29, 1.82) is 0 Å². The number of aromatic nitrogens is 2. The molecule has 0 radical (unpaired) electrons. The SMILES string of the molecule is CCN(CC)C(=O)Nc1cc(Oc2ccc3c(ccn3C(=O)N3CCOCC3)c2)ccn1. The maximum Gasteiger partial charge on any atom is 0.328 e. The monoisotopic (exact) mass is 437 g/mol. The van der Waals surface area contributed by atoms with Gasteiger partial charge in [-0.3, -0.25) is 9.88 Å². The second-order valence-corrected chi connectivity index (χ2v) is 7.37. The molecular weight excluding hydrogens is 410 g/mol. The molecule has 1 aliphatic heterocycles. The van der Waals surface area contributed by atoms with E-state index in [1.807, 2.05) is 38.1 Å². The minimum atomic E-state index is -0.202. The van der Waals surface area contributed by atoms with Crippen molar-refractivity contribution in [3.63, 3.8) is 0 Å². The standard InChI is InChI=1S/C23H27N5O4/c1-3-26(4-2)22(29)25-21-16-19(7-9-24-21)32-18-5-6-20-17(15-18)8-10-28(20)23(30)27-11-13-31-14-12-27/h5-10,15-16H,3-4,11-14H2,1-2H3,(H,24,25,29). The first-order chi connectivity index (χ1) is 15.6. The number of nitrogens with one attached hydrogen (secondary N) is 1. The van der Waals surface area contributed by atoms with E-state index in [1.54, 1.807) is 38.9 Å². The molecular formula is C23H27N5O4. The molecule has 3 aromatic rings. The molecule has 32 heavy (non-hydrogen) atoms. The summed E-state index contributed by atoms with van der Waals surface area (Å²) < 4.78 is 13.0. The third-order valence-corrected chi connectivity index (χ3v) is 5.40. The fraction of sp³-hybridized carbons (Fsp3) is 0.348. The van der Waals surface area contributed by atoms with Crippen LogP contribution in [-0.2, 0) is 4.74 Å². The number of urea groups is 1. The predicted molar refractivity (Wildman–Crippen MR) is 121 cm³/mol. The van der Waals surface area contributed by atoms with Gasteiger partial charge in [0.1, 0.15) is 17.3 Å². The normalized spacial score (nSPS) is 13.8. The zero-order chi connectivity index (χ0) is 22.5. The molecule has 9 nitrogen and oxygen atoms in total. The number of pyridine rings is 1. The van der Waals surface area contributed by atoms with Crippen LogP contribution in [0.2, 0.25) is 0 Å². The molecule has 9 heteroatoms. The van der Waals surface area contributed by atoms with E-state index < -0.39 is 0 Å². The van der Waals surface area contributed by atoms with Gasteiger partial charge in [-0.15, -0.1) is 0 Å². The van der Waals surface area contributed by atoms with E-state index in [9.17, 15) is 9.59 Å². The van der Waals surface area contributed by atoms with Crippen molar-refractivity contribution in [3.05, 3.63) is 48.8 Å². The topological polar surface area (TPSA) is 88.9 Å². The Morgan fingerprint density at radius 1 is 1.09 bits per heavy atom. The van der Waals surface area contributed by atoms with Gasteiger partial charge >= 0.3 is 12.1 Å². The fourth-order valence-corrected chi connectivity index (χ4v) is 3.64. The molecule has 168 valence electrons. The number of carbonyl (C=O) groups is 2. The van der Waals surface area contributed by atoms with Gasteiger partial charge in [0.05, 0.1) is 18.7 Å². The molecule has 4 rings (SSSR count). The van der Waals surface area contributed by atoms with E-state index in [0.29, 0.717) is 56.7 Å². The predicted octanol–water partition coefficient (Wildman–Crippen LogP) is 4.00. The Labute approximate surface area is 186 Å². The third kappa shape index (κ3) is 4.67. The summed E-state index contributed by atoms with van der Waals surface area (Å²) in [7, 11) is 0. The summed E-state index contributed by atoms with van der Waals surface area (Å²) in [5.41, 5.74) is 0.816. The van der Waals surface area contributed by atoms with Gasteiger partial charge in [-0.25, -0.2) is 14.6 Å². The molecule has 0 spiro atoms. The second kappa shape index (κ2) is 9.69. The molecule has 0 bridgehead atoms. The number of hydrogen-bond acceptors (Lipinski definition) is 5. The van der Waals surface area contributed by atoms with Crippen LogP contribution in [0.25, 0.3) is 10.9 Å². The Bertz CT molecular complexity index is 1100. The molecule has 3 amide bonds. The Hall–Kier alpha value is -3.59. The number of fused-ring (bicyclic) bond motifs is 1. The van der Waals surface area contributed by atoms with Gasteiger partial charge in [-0.1, -0.05) is 0 Å². The van der Waals surface area contributed by atoms with Gasteiger partial charge in [-0.2, -0.15) is 0 Å². The molecule has 3 heterocycles. The largest absolute Gasteiger partial charge is 0.457 e. The lowest BCUT2D eigenvalue weighted by Crippen LogP contribution is -2.42. The fourth-order valence-electron chi connectivity index (χ4n) is 3.64. The number of morpholine rings is 1. The number of ether oxygens (including phenoxy) is 2. The van der Waals surface area contributed by atoms with Gasteiger partial charge in [0, 0.05) is 50.0 Å². The summed E-state index contributed by atoms with van der Waals surface area (Å²) >= 11 is 0. The van der Waals surface area contributed by atoms with E-state index in [1.165, 1.54) is 0 Å². The molecule has 1 aliphatic rings. The summed E-state index contributed by atoms with van der Waals surface area (Å²) in [6, 6.07) is 10.6. The molecule has 1 saturated heterocycles. The number of hydrogen-bond donors (Lipinski definition) is 1. The average molecular weight is 438 g/mol. The molecule has 0 saturated carbocycles. The number of amides is 3. The van der Waals surface area contributed by atoms with Crippen molar-refractivity contribution in [1.82, 2.24) is 19.4 Å². The summed E-state index contributed by atoms with van der Waals surface area (Å²) in [4.78, 5) is 32.7. The van der Waals surface area contributed by atoms with Crippen molar-refractivity contribution in [2.75, 3.05) is 44.7 Å². The van der Waals surface area contributed by atoms with Crippen LogP contribution in [0.5, 0.6) is 11.5 Å². The van der Waals surface area contributed by atoms with Crippen molar-refractivity contribution < 1.29 is 19.1 Å². The lowest BCUT2D eigenvalue weighted by atomic mass is 10.2. The van der Waals surface area contributed by atoms with E-state index in [4.69, 9.17) is 9.47 Å². The van der Waals surface area contributed by atoms with Crippen molar-refractivity contribution in [2.24, 2.45) is 0 Å². The number of carbonyl (C=O) groups excluding carboxylic acids is 2. The zero-order valence-electron chi connectivity index (χ0n) is 18.3. The Morgan fingerprint density at radius 3 is 2.59 bits per heavy atom. The van der Waals surface area contributed by atoms with Crippen LogP contribution in [0, 0.1) is 0 Å². The van der Waals surface area contributed by atoms with Gasteiger partial charge in [0.2, 0.25) is 0 Å². The number of nitrogens with zero attached hydrogens (tertiary/aromatic N) is 4. The van der Waals surface area contributed by atoms with Crippen LogP contribution in [0.3, 0.4) is 0 Å². The molecule has 0 aliphatic carbocycles. The van der Waals surface area contributed by atoms with Crippen LogP contribution in [-0.4, -0.2) is 70.8 Å². The minimum absolute atomic E-state index is 0.0558. The summed E-state index contributed by atoms with van der Waals surface area (Å²) in [5.74, 6) is 1.60. The minimum Gasteiger partial charge on any atom is -0.457 e. The molecule has 2 aromatic heterocycles. The first kappa shape index (κ1) is 21.6. The summed E-state index contributed by atoms with van der Waals surface area (Å²) in [6.45, 7) is 7.39. The second-order valence-electron chi connectivity index (χ2n) is 7.37. The van der Waals surface area contributed by atoms with Gasteiger partial charge in [0.25, 0.3) is 0 Å². The van der Waals surface area contributed by atoms with Crippen LogP contribution in [0.15, 0.2) is 48.8 Å². The highest BCUT2D eigenvalue weighted by Crippen LogP contribution is 2.27. The van der Waals surface area contributed by atoms with Crippen LogP contribution < -0.4 is 10.1 Å². The molecule has 1 aromatic carbocycles. The summed E-state index contributed by atoms with van der Waals surface area (Å²) in [6.07, 6.45) is 3.36. The lowest BCUT2D eigenvalue weighted by Gasteiger charge is -2.27. The lowest BCUT2D eigenvalue weighted by molar-refractivity contribution is 0.0538. The maximum absolute atomic E-state index is 12.8. The maximum atomic E-state index is 12.8. The van der Waals surface area contributed by atoms with E-state index >= 15 is 0 Å². The van der Waals surface area contributed by atoms with Crippen LogP contribution in [0.1, 0.15) is 13.8 Å². The number of benzene rings is 1. The van der Waals surface area contributed by atoms with Gasteiger partial charge < -0.3 is 19.3 Å². The quantitative estimate of drug-likeness (QED) is 0.652. The average Bonchev–Trinajstić information content (AvgIpc) is 3.23. The van der Waals surface area contributed by atoms with Gasteiger partial charge in [-0.05, 0) is 44.2 Å². The van der Waals surface area contributed by atoms with E-state index in [-0.39, 0.29) is 12.1 Å². The number of rotatable bonds is 5. The Morgan fingerprint density at radius 2 is 1.84 bits per heavy atom. The van der Waals surface area contributed by atoms with E-state index in [0.717, 1.165) is 10.9 Å². The molecule has 1 fully saturated rings. The highest BCUT2D eigenvalue weighted by atomic mass is 16.5. The zero-order valence-corrected chi connectivity index (χ0v) is 18.3. The van der Waals surface area contributed by atoms with Crippen molar-refractivity contribution >= 4 is 28.8 Å².